The van der Waals surface area contributed by atoms with Crippen LogP contribution in [0.5, 0.6) is 5.75 Å². The number of phenols is 1. The fraction of sp³-hybridized carbons (Fsp3) is 0.190. The van der Waals surface area contributed by atoms with E-state index in [1.807, 2.05) is 6.07 Å². The van der Waals surface area contributed by atoms with Gasteiger partial charge in [-0.25, -0.2) is 9.97 Å². The number of carbonyl (C=O) groups is 1. The SMILES string of the molecule is C=CC(=O)N1CCN(c2ncnc3cc(Cl)c(-c4cc(Cl)ccc4O)cc23)CC1. The quantitative estimate of drug-likeness (QED) is 0.634. The van der Waals surface area contributed by atoms with Crippen molar-refractivity contribution in [3.05, 3.63) is 59.4 Å². The van der Waals surface area contributed by atoms with Crippen molar-refractivity contribution in [2.75, 3.05) is 31.1 Å². The normalized spacial score (nSPS) is 14.3. The monoisotopic (exact) mass is 428 g/mol. The molecule has 0 unspecified atom stereocenters. The van der Waals surface area contributed by atoms with Crippen LogP contribution < -0.4 is 4.90 Å². The van der Waals surface area contributed by atoms with Gasteiger partial charge in [0, 0.05) is 47.7 Å². The molecule has 4 rings (SSSR count). The van der Waals surface area contributed by atoms with Crippen LogP contribution in [0.15, 0.2) is 49.3 Å². The molecule has 0 radical (unpaired) electrons. The van der Waals surface area contributed by atoms with Crippen LogP contribution in [0.3, 0.4) is 0 Å². The number of benzene rings is 2. The third-order valence-corrected chi connectivity index (χ3v) is 5.57. The summed E-state index contributed by atoms with van der Waals surface area (Å²) in [6, 6.07) is 8.46. The molecule has 0 aliphatic carbocycles. The van der Waals surface area contributed by atoms with Crippen LogP contribution in [0.4, 0.5) is 5.82 Å². The van der Waals surface area contributed by atoms with E-state index in [-0.39, 0.29) is 11.7 Å². The van der Waals surface area contributed by atoms with Crippen molar-refractivity contribution >= 4 is 45.8 Å². The van der Waals surface area contributed by atoms with E-state index in [0.29, 0.717) is 52.9 Å². The molecule has 1 saturated heterocycles. The summed E-state index contributed by atoms with van der Waals surface area (Å²) in [5.74, 6) is 0.786. The number of aromatic nitrogens is 2. The average molecular weight is 429 g/mol. The van der Waals surface area contributed by atoms with E-state index in [9.17, 15) is 9.90 Å². The number of halogens is 2. The Hall–Kier alpha value is -2.83. The van der Waals surface area contributed by atoms with Gasteiger partial charge in [-0.15, -0.1) is 0 Å². The minimum Gasteiger partial charge on any atom is -0.507 e. The molecular formula is C21H18Cl2N4O2. The summed E-state index contributed by atoms with van der Waals surface area (Å²) >= 11 is 12.6. The Balaban J connectivity index is 1.76. The second kappa shape index (κ2) is 7.89. The molecule has 1 aliphatic heterocycles. The maximum atomic E-state index is 11.8. The predicted molar refractivity (Wildman–Crippen MR) is 116 cm³/mol. The summed E-state index contributed by atoms with van der Waals surface area (Å²) in [6.45, 7) is 6.01. The molecule has 1 N–H and O–H groups in total. The number of fused-ring (bicyclic) bond motifs is 1. The summed E-state index contributed by atoms with van der Waals surface area (Å²) in [7, 11) is 0. The van der Waals surface area contributed by atoms with E-state index < -0.39 is 0 Å². The Labute approximate surface area is 178 Å². The molecule has 148 valence electrons. The van der Waals surface area contributed by atoms with Gasteiger partial charge >= 0.3 is 0 Å². The van der Waals surface area contributed by atoms with E-state index in [2.05, 4.69) is 21.4 Å². The molecule has 1 amide bonds. The highest BCUT2D eigenvalue weighted by atomic mass is 35.5. The fourth-order valence-corrected chi connectivity index (χ4v) is 3.95. The van der Waals surface area contributed by atoms with E-state index >= 15 is 0 Å². The topological polar surface area (TPSA) is 69.6 Å². The number of nitrogens with zero attached hydrogens (tertiary/aromatic N) is 4. The van der Waals surface area contributed by atoms with Crippen molar-refractivity contribution < 1.29 is 9.90 Å². The smallest absolute Gasteiger partial charge is 0.246 e. The Morgan fingerprint density at radius 1 is 1.07 bits per heavy atom. The second-order valence-corrected chi connectivity index (χ2v) is 7.57. The molecular weight excluding hydrogens is 411 g/mol. The Morgan fingerprint density at radius 2 is 1.83 bits per heavy atom. The van der Waals surface area contributed by atoms with Crippen LogP contribution in [-0.2, 0) is 4.79 Å². The molecule has 8 heteroatoms. The van der Waals surface area contributed by atoms with Gasteiger partial charge in [0.25, 0.3) is 0 Å². The minimum absolute atomic E-state index is 0.0669. The van der Waals surface area contributed by atoms with Crippen molar-refractivity contribution in [3.63, 3.8) is 0 Å². The van der Waals surface area contributed by atoms with Gasteiger partial charge < -0.3 is 14.9 Å². The fourth-order valence-electron chi connectivity index (χ4n) is 3.51. The molecule has 0 saturated carbocycles. The molecule has 29 heavy (non-hydrogen) atoms. The van der Waals surface area contributed by atoms with Gasteiger partial charge in [-0.05, 0) is 36.4 Å². The van der Waals surface area contributed by atoms with Gasteiger partial charge in [-0.2, -0.15) is 0 Å². The maximum Gasteiger partial charge on any atom is 0.246 e. The summed E-state index contributed by atoms with van der Waals surface area (Å²) in [5, 5.41) is 12.1. The zero-order valence-electron chi connectivity index (χ0n) is 15.5. The molecule has 0 bridgehead atoms. The van der Waals surface area contributed by atoms with Gasteiger partial charge in [-0.1, -0.05) is 29.8 Å². The Kier molecular flexibility index (Phi) is 5.30. The van der Waals surface area contributed by atoms with Crippen LogP contribution in [0, 0.1) is 0 Å². The number of aromatic hydroxyl groups is 1. The molecule has 0 spiro atoms. The second-order valence-electron chi connectivity index (χ2n) is 6.72. The molecule has 2 heterocycles. The summed E-state index contributed by atoms with van der Waals surface area (Å²) < 4.78 is 0. The molecule has 3 aromatic rings. The van der Waals surface area contributed by atoms with Gasteiger partial charge in [0.2, 0.25) is 5.91 Å². The predicted octanol–water partition coefficient (Wildman–Crippen LogP) is 4.14. The number of phenolic OH excluding ortho intramolecular Hbond substituents is 1. The molecule has 1 fully saturated rings. The summed E-state index contributed by atoms with van der Waals surface area (Å²) in [5.41, 5.74) is 1.89. The van der Waals surface area contributed by atoms with Crippen molar-refractivity contribution in [1.29, 1.82) is 0 Å². The van der Waals surface area contributed by atoms with Gasteiger partial charge in [-0.3, -0.25) is 4.79 Å². The summed E-state index contributed by atoms with van der Waals surface area (Å²) in [4.78, 5) is 24.5. The van der Waals surface area contributed by atoms with Gasteiger partial charge in [0.15, 0.2) is 0 Å². The van der Waals surface area contributed by atoms with Gasteiger partial charge in [0.05, 0.1) is 10.5 Å². The number of hydrogen-bond acceptors (Lipinski definition) is 5. The van der Waals surface area contributed by atoms with Crippen molar-refractivity contribution in [2.24, 2.45) is 0 Å². The van der Waals surface area contributed by atoms with Crippen LogP contribution in [-0.4, -0.2) is 52.1 Å². The third kappa shape index (κ3) is 3.73. The largest absolute Gasteiger partial charge is 0.507 e. The first-order valence-corrected chi connectivity index (χ1v) is 9.83. The van der Waals surface area contributed by atoms with Crippen LogP contribution in [0.2, 0.25) is 10.0 Å². The zero-order valence-corrected chi connectivity index (χ0v) is 17.0. The maximum absolute atomic E-state index is 11.8. The number of rotatable bonds is 3. The number of piperazine rings is 1. The minimum atomic E-state index is -0.0669. The number of carbonyl (C=O) groups excluding carboxylic acids is 1. The number of amides is 1. The molecule has 1 aromatic heterocycles. The highest BCUT2D eigenvalue weighted by Crippen LogP contribution is 2.39. The first-order valence-electron chi connectivity index (χ1n) is 9.07. The van der Waals surface area contributed by atoms with Crippen molar-refractivity contribution in [1.82, 2.24) is 14.9 Å². The standard InChI is InChI=1S/C21H18Cl2N4O2/c1-2-20(29)26-5-7-27(8-6-26)21-16-10-14(15-9-13(22)3-4-19(15)28)17(23)11-18(16)24-12-25-21/h2-4,9-12,28H,1,5-8H2. The average Bonchev–Trinajstić information content (AvgIpc) is 2.74. The lowest BCUT2D eigenvalue weighted by molar-refractivity contribution is -0.126. The number of anilines is 1. The molecule has 0 atom stereocenters. The first kappa shape index (κ1) is 19.5. The van der Waals surface area contributed by atoms with E-state index in [0.717, 1.165) is 11.2 Å². The van der Waals surface area contributed by atoms with Crippen LogP contribution in [0.1, 0.15) is 0 Å². The van der Waals surface area contributed by atoms with Crippen molar-refractivity contribution in [2.45, 2.75) is 0 Å². The zero-order chi connectivity index (χ0) is 20.5. The van der Waals surface area contributed by atoms with Crippen molar-refractivity contribution in [3.8, 4) is 16.9 Å². The van der Waals surface area contributed by atoms with Crippen LogP contribution >= 0.6 is 23.2 Å². The lowest BCUT2D eigenvalue weighted by Crippen LogP contribution is -2.48. The third-order valence-electron chi connectivity index (χ3n) is 5.02. The highest BCUT2D eigenvalue weighted by Gasteiger charge is 2.22. The first-order chi connectivity index (χ1) is 14.0. The lowest BCUT2D eigenvalue weighted by atomic mass is 10.0. The number of hydrogen-bond donors (Lipinski definition) is 1. The Morgan fingerprint density at radius 3 is 2.55 bits per heavy atom. The lowest BCUT2D eigenvalue weighted by Gasteiger charge is -2.35. The van der Waals surface area contributed by atoms with E-state index in [4.69, 9.17) is 23.2 Å². The van der Waals surface area contributed by atoms with E-state index in [1.54, 1.807) is 23.1 Å². The molecule has 1 aliphatic rings. The van der Waals surface area contributed by atoms with Crippen LogP contribution in [0.25, 0.3) is 22.0 Å². The molecule has 2 aromatic carbocycles. The Bertz CT molecular complexity index is 1110. The van der Waals surface area contributed by atoms with Gasteiger partial charge in [0.1, 0.15) is 17.9 Å². The highest BCUT2D eigenvalue weighted by molar-refractivity contribution is 6.35. The summed E-state index contributed by atoms with van der Waals surface area (Å²) in [6.07, 6.45) is 2.84. The molecule has 6 nitrogen and oxygen atoms in total. The van der Waals surface area contributed by atoms with E-state index in [1.165, 1.54) is 18.5 Å².